The first-order valence-corrected chi connectivity index (χ1v) is 6.11. The number of aliphatic carboxylic acids is 1. The molecule has 1 amide bonds. The molecule has 0 aromatic heterocycles. The quantitative estimate of drug-likeness (QED) is 0.788. The van der Waals surface area contributed by atoms with Crippen LogP contribution in [0.3, 0.4) is 0 Å². The molecule has 2 rings (SSSR count). The van der Waals surface area contributed by atoms with Crippen molar-refractivity contribution < 1.29 is 14.7 Å². The van der Waals surface area contributed by atoms with Crippen LogP contribution in [-0.2, 0) is 9.59 Å². The zero-order valence-corrected chi connectivity index (χ0v) is 9.74. The summed E-state index contributed by atoms with van der Waals surface area (Å²) in [6.45, 7) is 3.14. The van der Waals surface area contributed by atoms with Gasteiger partial charge in [-0.25, -0.2) is 0 Å². The molecule has 0 bridgehead atoms. The van der Waals surface area contributed by atoms with Crippen LogP contribution in [0.15, 0.2) is 0 Å². The second-order valence-electron chi connectivity index (χ2n) is 5.11. The van der Waals surface area contributed by atoms with Gasteiger partial charge in [-0.1, -0.05) is 13.3 Å². The van der Waals surface area contributed by atoms with Gasteiger partial charge in [0.05, 0.1) is 5.92 Å². The molecule has 1 aliphatic carbocycles. The predicted octanol–water partition coefficient (Wildman–Crippen LogP) is 1.50. The van der Waals surface area contributed by atoms with Gasteiger partial charge in [-0.3, -0.25) is 9.59 Å². The fraction of sp³-hybridized carbons (Fsp3) is 0.833. The molecule has 0 aromatic rings. The van der Waals surface area contributed by atoms with Gasteiger partial charge in [-0.05, 0) is 25.7 Å². The molecule has 1 N–H and O–H groups in total. The maximum Gasteiger partial charge on any atom is 0.308 e. The number of hydrogen-bond acceptors (Lipinski definition) is 2. The number of nitrogens with zero attached hydrogens (tertiary/aromatic N) is 1. The third-order valence-corrected chi connectivity index (χ3v) is 3.86. The summed E-state index contributed by atoms with van der Waals surface area (Å²) in [7, 11) is 0. The van der Waals surface area contributed by atoms with Crippen LogP contribution < -0.4 is 0 Å². The van der Waals surface area contributed by atoms with E-state index < -0.39 is 5.97 Å². The summed E-state index contributed by atoms with van der Waals surface area (Å²) in [5.41, 5.74) is -0.109. The minimum Gasteiger partial charge on any atom is -0.481 e. The Kier molecular flexibility index (Phi) is 2.91. The van der Waals surface area contributed by atoms with Gasteiger partial charge in [0.2, 0.25) is 5.91 Å². The SMILES string of the molecule is CCCC1(C(=O)N2CCC(C(=O)O)C2)CC1. The number of amides is 1. The maximum absolute atomic E-state index is 12.2. The zero-order valence-electron chi connectivity index (χ0n) is 9.74. The molecule has 2 fully saturated rings. The van der Waals surface area contributed by atoms with Crippen molar-refractivity contribution in [2.75, 3.05) is 13.1 Å². The molecular formula is C12H19NO3. The summed E-state index contributed by atoms with van der Waals surface area (Å²) in [4.78, 5) is 24.8. The van der Waals surface area contributed by atoms with Crippen LogP contribution >= 0.6 is 0 Å². The van der Waals surface area contributed by atoms with Crippen molar-refractivity contribution in [2.45, 2.75) is 39.0 Å². The Morgan fingerprint density at radius 2 is 2.12 bits per heavy atom. The van der Waals surface area contributed by atoms with E-state index in [0.717, 1.165) is 25.7 Å². The Bertz CT molecular complexity index is 309. The predicted molar refractivity (Wildman–Crippen MR) is 58.9 cm³/mol. The van der Waals surface area contributed by atoms with Gasteiger partial charge in [-0.15, -0.1) is 0 Å². The largest absolute Gasteiger partial charge is 0.481 e. The van der Waals surface area contributed by atoms with Gasteiger partial charge >= 0.3 is 5.97 Å². The Hall–Kier alpha value is -1.06. The standard InChI is InChI=1S/C12H19NO3/c1-2-4-12(5-6-12)11(16)13-7-3-9(8-13)10(14)15/h9H,2-8H2,1H3,(H,14,15). The minimum atomic E-state index is -0.768. The van der Waals surface area contributed by atoms with E-state index in [4.69, 9.17) is 5.11 Å². The van der Waals surface area contributed by atoms with Gasteiger partial charge in [0.1, 0.15) is 0 Å². The molecule has 1 unspecified atom stereocenters. The minimum absolute atomic E-state index is 0.109. The number of carbonyl (C=O) groups excluding carboxylic acids is 1. The number of carbonyl (C=O) groups is 2. The van der Waals surface area contributed by atoms with E-state index in [0.29, 0.717) is 19.5 Å². The van der Waals surface area contributed by atoms with E-state index in [-0.39, 0.29) is 17.2 Å². The molecule has 1 saturated carbocycles. The first-order chi connectivity index (χ1) is 7.59. The number of carboxylic acids is 1. The highest BCUT2D eigenvalue weighted by atomic mass is 16.4. The van der Waals surface area contributed by atoms with Crippen molar-refractivity contribution in [3.63, 3.8) is 0 Å². The molecule has 1 aliphatic heterocycles. The average molecular weight is 225 g/mol. The third-order valence-electron chi connectivity index (χ3n) is 3.86. The monoisotopic (exact) mass is 225 g/mol. The van der Waals surface area contributed by atoms with Crippen LogP contribution in [0.2, 0.25) is 0 Å². The molecule has 4 heteroatoms. The van der Waals surface area contributed by atoms with Crippen LogP contribution in [-0.4, -0.2) is 35.0 Å². The Morgan fingerprint density at radius 1 is 1.44 bits per heavy atom. The lowest BCUT2D eigenvalue weighted by molar-refractivity contribution is -0.142. The van der Waals surface area contributed by atoms with E-state index in [9.17, 15) is 9.59 Å². The zero-order chi connectivity index (χ0) is 11.8. The average Bonchev–Trinajstić information content (AvgIpc) is 2.86. The molecule has 0 radical (unpaired) electrons. The van der Waals surface area contributed by atoms with Crippen LogP contribution in [0, 0.1) is 11.3 Å². The normalized spacial score (nSPS) is 26.8. The Morgan fingerprint density at radius 3 is 2.56 bits per heavy atom. The van der Waals surface area contributed by atoms with Gasteiger partial charge in [-0.2, -0.15) is 0 Å². The molecule has 1 atom stereocenters. The van der Waals surface area contributed by atoms with E-state index in [1.165, 1.54) is 0 Å². The summed E-state index contributed by atoms with van der Waals surface area (Å²) >= 11 is 0. The van der Waals surface area contributed by atoms with Crippen molar-refractivity contribution in [2.24, 2.45) is 11.3 Å². The van der Waals surface area contributed by atoms with E-state index in [1.807, 2.05) is 0 Å². The highest BCUT2D eigenvalue weighted by Crippen LogP contribution is 2.51. The molecule has 90 valence electrons. The molecule has 0 aromatic carbocycles. The second-order valence-corrected chi connectivity index (χ2v) is 5.11. The third kappa shape index (κ3) is 1.93. The van der Waals surface area contributed by atoms with Gasteiger partial charge < -0.3 is 10.0 Å². The van der Waals surface area contributed by atoms with Crippen molar-refractivity contribution in [1.29, 1.82) is 0 Å². The second kappa shape index (κ2) is 4.07. The highest BCUT2D eigenvalue weighted by Gasteiger charge is 2.51. The molecule has 16 heavy (non-hydrogen) atoms. The number of carboxylic acid groups (broad SMARTS) is 1. The lowest BCUT2D eigenvalue weighted by atomic mass is 9.99. The topological polar surface area (TPSA) is 57.6 Å². The fourth-order valence-corrected chi connectivity index (χ4v) is 2.68. The molecule has 1 heterocycles. The summed E-state index contributed by atoms with van der Waals surface area (Å²) in [6.07, 6.45) is 4.59. The number of hydrogen-bond donors (Lipinski definition) is 1. The Balaban J connectivity index is 1.94. The summed E-state index contributed by atoms with van der Waals surface area (Å²) in [5.74, 6) is -0.907. The van der Waals surface area contributed by atoms with Crippen molar-refractivity contribution in [3.05, 3.63) is 0 Å². The van der Waals surface area contributed by atoms with Gasteiger partial charge in [0, 0.05) is 18.5 Å². The van der Waals surface area contributed by atoms with E-state index >= 15 is 0 Å². The van der Waals surface area contributed by atoms with Crippen LogP contribution in [0.1, 0.15) is 39.0 Å². The highest BCUT2D eigenvalue weighted by molar-refractivity contribution is 5.86. The molecule has 4 nitrogen and oxygen atoms in total. The van der Waals surface area contributed by atoms with E-state index in [2.05, 4.69) is 6.92 Å². The first-order valence-electron chi connectivity index (χ1n) is 6.11. The van der Waals surface area contributed by atoms with Crippen molar-refractivity contribution in [3.8, 4) is 0 Å². The van der Waals surface area contributed by atoms with Crippen LogP contribution in [0.25, 0.3) is 0 Å². The molecule has 0 spiro atoms. The molecule has 2 aliphatic rings. The van der Waals surface area contributed by atoms with Crippen LogP contribution in [0.4, 0.5) is 0 Å². The fourth-order valence-electron chi connectivity index (χ4n) is 2.68. The Labute approximate surface area is 95.6 Å². The van der Waals surface area contributed by atoms with E-state index in [1.54, 1.807) is 4.90 Å². The van der Waals surface area contributed by atoms with Gasteiger partial charge in [0.15, 0.2) is 0 Å². The first kappa shape index (κ1) is 11.4. The smallest absolute Gasteiger partial charge is 0.308 e. The summed E-state index contributed by atoms with van der Waals surface area (Å²) in [5, 5.41) is 8.90. The van der Waals surface area contributed by atoms with Gasteiger partial charge in [0.25, 0.3) is 0 Å². The molecular weight excluding hydrogens is 206 g/mol. The maximum atomic E-state index is 12.2. The lowest BCUT2D eigenvalue weighted by Crippen LogP contribution is -2.36. The lowest BCUT2D eigenvalue weighted by Gasteiger charge is -2.22. The summed E-state index contributed by atoms with van der Waals surface area (Å²) < 4.78 is 0. The van der Waals surface area contributed by atoms with Crippen molar-refractivity contribution >= 4 is 11.9 Å². The molecule has 1 saturated heterocycles. The summed E-state index contributed by atoms with van der Waals surface area (Å²) in [6, 6.07) is 0. The number of likely N-dealkylation sites (tertiary alicyclic amines) is 1. The number of rotatable bonds is 4. The van der Waals surface area contributed by atoms with Crippen LogP contribution in [0.5, 0.6) is 0 Å². The van der Waals surface area contributed by atoms with Crippen molar-refractivity contribution in [1.82, 2.24) is 4.90 Å².